The molecule has 0 radical (unpaired) electrons. The number of hydrogen-bond acceptors (Lipinski definition) is 6. The van der Waals surface area contributed by atoms with E-state index in [1.165, 1.54) is 0 Å². The van der Waals surface area contributed by atoms with Crippen molar-refractivity contribution in [2.45, 2.75) is 95.7 Å². The molecule has 0 saturated carbocycles. The molecular weight excluding hydrogens is 352 g/mol. The van der Waals surface area contributed by atoms with Crippen molar-refractivity contribution in [3.8, 4) is 0 Å². The predicted octanol–water partition coefficient (Wildman–Crippen LogP) is 3.21. The standard InChI is InChI=1S/C19H36O6Si/c1-12-11-13(25-26(9,10)17(2,3)4)15-16(14(12)20)24-19(6,22-8)18(5,21-7)23-15/h11,13-16,20H,1-10H3/t13-,14+,15-,16-,18+,19+/m0/s1. The average molecular weight is 389 g/mol. The second-order valence-corrected chi connectivity index (χ2v) is 13.9. The highest BCUT2D eigenvalue weighted by atomic mass is 28.4. The van der Waals surface area contributed by atoms with Gasteiger partial charge in [-0.05, 0) is 44.5 Å². The van der Waals surface area contributed by atoms with Gasteiger partial charge >= 0.3 is 0 Å². The third-order valence-electron chi connectivity index (χ3n) is 6.42. The highest BCUT2D eigenvalue weighted by molar-refractivity contribution is 6.74. The Morgan fingerprint density at radius 2 is 1.50 bits per heavy atom. The lowest BCUT2D eigenvalue weighted by Gasteiger charge is -2.56. The predicted molar refractivity (Wildman–Crippen MR) is 102 cm³/mol. The molecule has 1 heterocycles. The third kappa shape index (κ3) is 3.55. The molecule has 1 aliphatic carbocycles. The van der Waals surface area contributed by atoms with Gasteiger partial charge in [0, 0.05) is 14.2 Å². The Bertz CT molecular complexity index is 557. The van der Waals surface area contributed by atoms with Crippen LogP contribution < -0.4 is 0 Å². The molecule has 0 aromatic rings. The van der Waals surface area contributed by atoms with E-state index in [9.17, 15) is 5.11 Å². The lowest BCUT2D eigenvalue weighted by Crippen LogP contribution is -2.70. The van der Waals surface area contributed by atoms with Gasteiger partial charge in [-0.3, -0.25) is 0 Å². The van der Waals surface area contributed by atoms with E-state index < -0.39 is 38.2 Å². The van der Waals surface area contributed by atoms with E-state index in [2.05, 4.69) is 33.9 Å². The zero-order valence-electron chi connectivity index (χ0n) is 17.9. The number of aliphatic hydroxyl groups is 1. The fourth-order valence-electron chi connectivity index (χ4n) is 3.16. The molecule has 6 atom stereocenters. The maximum absolute atomic E-state index is 10.7. The molecule has 1 aliphatic heterocycles. The molecule has 0 unspecified atom stereocenters. The fraction of sp³-hybridized carbons (Fsp3) is 0.895. The first kappa shape index (κ1) is 22.0. The van der Waals surface area contributed by atoms with Gasteiger partial charge in [0.25, 0.3) is 0 Å². The van der Waals surface area contributed by atoms with Gasteiger partial charge in [0.1, 0.15) is 18.3 Å². The number of hydrogen-bond donors (Lipinski definition) is 1. The molecule has 152 valence electrons. The van der Waals surface area contributed by atoms with Gasteiger partial charge in [-0.2, -0.15) is 0 Å². The zero-order valence-corrected chi connectivity index (χ0v) is 18.9. The minimum atomic E-state index is -2.05. The largest absolute Gasteiger partial charge is 0.408 e. The zero-order chi connectivity index (χ0) is 20.1. The van der Waals surface area contributed by atoms with Crippen LogP contribution in [-0.2, 0) is 23.4 Å². The first-order valence-electron chi connectivity index (χ1n) is 9.21. The highest BCUT2D eigenvalue weighted by Gasteiger charge is 2.61. The van der Waals surface area contributed by atoms with E-state index >= 15 is 0 Å². The SMILES string of the molecule is CO[C@]1(C)O[C@@H]2[C@@H](O[C@@]1(C)OC)[C@H](O)C(C)=C[C@@H]2O[Si](C)(C)C(C)(C)C. The number of aliphatic hydroxyl groups excluding tert-OH is 1. The average Bonchev–Trinajstić information content (AvgIpc) is 2.53. The lowest BCUT2D eigenvalue weighted by molar-refractivity contribution is -0.458. The van der Waals surface area contributed by atoms with Gasteiger partial charge in [0.15, 0.2) is 8.32 Å². The molecule has 0 aromatic carbocycles. The monoisotopic (exact) mass is 388 g/mol. The van der Waals surface area contributed by atoms with Crippen molar-refractivity contribution in [2.75, 3.05) is 14.2 Å². The van der Waals surface area contributed by atoms with Crippen LogP contribution in [0.25, 0.3) is 0 Å². The molecule has 2 rings (SSSR count). The molecule has 2 aliphatic rings. The summed E-state index contributed by atoms with van der Waals surface area (Å²) in [5, 5.41) is 10.8. The van der Waals surface area contributed by atoms with Crippen molar-refractivity contribution in [2.24, 2.45) is 0 Å². The van der Waals surface area contributed by atoms with E-state index in [-0.39, 0.29) is 11.1 Å². The molecule has 0 aromatic heterocycles. The van der Waals surface area contributed by atoms with E-state index in [0.29, 0.717) is 0 Å². The van der Waals surface area contributed by atoms with E-state index in [1.807, 2.05) is 13.0 Å². The second kappa shape index (κ2) is 6.95. The second-order valence-electron chi connectivity index (χ2n) is 9.16. The van der Waals surface area contributed by atoms with Crippen molar-refractivity contribution < 1.29 is 28.5 Å². The van der Waals surface area contributed by atoms with Crippen LogP contribution in [0.1, 0.15) is 41.5 Å². The Balaban J connectivity index is 2.41. The molecule has 6 nitrogen and oxygen atoms in total. The van der Waals surface area contributed by atoms with Gasteiger partial charge < -0.3 is 28.5 Å². The molecular formula is C19H36O6Si. The topological polar surface area (TPSA) is 66.4 Å². The summed E-state index contributed by atoms with van der Waals surface area (Å²) < 4.78 is 30.4. The summed E-state index contributed by atoms with van der Waals surface area (Å²) in [5.41, 5.74) is 0.818. The molecule has 1 N–H and O–H groups in total. The quantitative estimate of drug-likeness (QED) is 0.589. The van der Waals surface area contributed by atoms with Crippen molar-refractivity contribution in [1.82, 2.24) is 0 Å². The van der Waals surface area contributed by atoms with Gasteiger partial charge in [-0.15, -0.1) is 0 Å². The fourth-order valence-corrected chi connectivity index (χ4v) is 4.40. The van der Waals surface area contributed by atoms with Crippen LogP contribution in [0.2, 0.25) is 18.1 Å². The Labute approximate surface area is 158 Å². The Hall–Kier alpha value is -0.283. The van der Waals surface area contributed by atoms with Crippen LogP contribution in [0.15, 0.2) is 11.6 Å². The Morgan fingerprint density at radius 3 is 1.92 bits per heavy atom. The van der Waals surface area contributed by atoms with Crippen molar-refractivity contribution in [3.05, 3.63) is 11.6 Å². The van der Waals surface area contributed by atoms with Crippen LogP contribution in [0.3, 0.4) is 0 Å². The summed E-state index contributed by atoms with van der Waals surface area (Å²) in [6.45, 7) is 16.4. The molecule has 0 amide bonds. The van der Waals surface area contributed by atoms with Gasteiger partial charge in [-0.1, -0.05) is 26.8 Å². The molecule has 0 spiro atoms. The van der Waals surface area contributed by atoms with E-state index in [4.69, 9.17) is 23.4 Å². The summed E-state index contributed by atoms with van der Waals surface area (Å²) in [6.07, 6.45) is -0.226. The number of methoxy groups -OCH3 is 2. The maximum Gasteiger partial charge on any atom is 0.220 e. The van der Waals surface area contributed by atoms with Crippen LogP contribution >= 0.6 is 0 Å². The third-order valence-corrected chi connectivity index (χ3v) is 10.9. The smallest absolute Gasteiger partial charge is 0.220 e. The number of ether oxygens (including phenoxy) is 4. The molecule has 0 bridgehead atoms. The highest BCUT2D eigenvalue weighted by Crippen LogP contribution is 2.45. The van der Waals surface area contributed by atoms with E-state index in [1.54, 1.807) is 28.1 Å². The van der Waals surface area contributed by atoms with Crippen LogP contribution in [0.5, 0.6) is 0 Å². The van der Waals surface area contributed by atoms with Crippen molar-refractivity contribution in [1.29, 1.82) is 0 Å². The van der Waals surface area contributed by atoms with E-state index in [0.717, 1.165) is 5.57 Å². The Kier molecular flexibility index (Phi) is 5.89. The van der Waals surface area contributed by atoms with Gasteiger partial charge in [-0.25, -0.2) is 0 Å². The normalized spacial score (nSPS) is 41.6. The molecule has 1 fully saturated rings. The summed E-state index contributed by atoms with van der Waals surface area (Å²) in [4.78, 5) is 0. The minimum Gasteiger partial charge on any atom is -0.408 e. The first-order chi connectivity index (χ1) is 11.7. The summed E-state index contributed by atoms with van der Waals surface area (Å²) in [6, 6.07) is 0. The lowest BCUT2D eigenvalue weighted by atomic mass is 9.87. The van der Waals surface area contributed by atoms with Crippen molar-refractivity contribution >= 4 is 8.32 Å². The van der Waals surface area contributed by atoms with Gasteiger partial charge in [0.05, 0.1) is 6.10 Å². The Morgan fingerprint density at radius 1 is 1.04 bits per heavy atom. The van der Waals surface area contributed by atoms with Crippen molar-refractivity contribution in [3.63, 3.8) is 0 Å². The molecule has 7 heteroatoms. The summed E-state index contributed by atoms with van der Waals surface area (Å²) >= 11 is 0. The maximum atomic E-state index is 10.7. The van der Waals surface area contributed by atoms with Crippen LogP contribution in [-0.4, -0.2) is 63.6 Å². The minimum absolute atomic E-state index is 0.0570. The van der Waals surface area contributed by atoms with Gasteiger partial charge in [0.2, 0.25) is 11.6 Å². The molecule has 1 saturated heterocycles. The summed E-state index contributed by atoms with van der Waals surface area (Å²) in [5.74, 6) is -2.28. The first-order valence-corrected chi connectivity index (χ1v) is 12.1. The van der Waals surface area contributed by atoms with Crippen LogP contribution in [0.4, 0.5) is 0 Å². The number of fused-ring (bicyclic) bond motifs is 1. The summed E-state index contributed by atoms with van der Waals surface area (Å²) in [7, 11) is 1.05. The molecule has 26 heavy (non-hydrogen) atoms. The number of rotatable bonds is 4. The van der Waals surface area contributed by atoms with Crippen LogP contribution in [0, 0.1) is 0 Å².